The zero-order valence-corrected chi connectivity index (χ0v) is 18.4. The maximum absolute atomic E-state index is 12.7. The second kappa shape index (κ2) is 7.23. The smallest absolute Gasteiger partial charge is 0.225 e. The summed E-state index contributed by atoms with van der Waals surface area (Å²) in [6.45, 7) is 9.20. The third-order valence-electron chi connectivity index (χ3n) is 7.18. The fourth-order valence-corrected chi connectivity index (χ4v) is 4.98. The molecule has 1 amide bonds. The third kappa shape index (κ3) is 3.58. The molecule has 5 rings (SSSR count). The van der Waals surface area contributed by atoms with Gasteiger partial charge < -0.3 is 14.5 Å². The Labute approximate surface area is 179 Å². The molecule has 0 N–H and O–H groups in total. The van der Waals surface area contributed by atoms with Gasteiger partial charge in [-0.3, -0.25) is 4.79 Å². The number of hydrogen-bond donors (Lipinski definition) is 0. The number of carbonyl (C=O) groups excluding carboxylic acids is 1. The Balaban J connectivity index is 1.50. The van der Waals surface area contributed by atoms with Crippen LogP contribution in [0.1, 0.15) is 81.2 Å². The molecule has 1 aromatic rings. The lowest BCUT2D eigenvalue weighted by Gasteiger charge is -2.35. The van der Waals surface area contributed by atoms with Gasteiger partial charge in [0.2, 0.25) is 5.91 Å². The third-order valence-corrected chi connectivity index (χ3v) is 7.18. The number of anilines is 1. The fraction of sp³-hybridized carbons (Fsp3) is 0.708. The molecule has 0 aromatic carbocycles. The molecule has 0 radical (unpaired) electrons. The van der Waals surface area contributed by atoms with E-state index in [4.69, 9.17) is 9.72 Å². The van der Waals surface area contributed by atoms with E-state index in [0.717, 1.165) is 67.0 Å². The molecule has 0 spiro atoms. The normalized spacial score (nSPS) is 26.0. The van der Waals surface area contributed by atoms with E-state index in [9.17, 15) is 10.1 Å². The number of carbonyl (C=O) groups is 1. The first kappa shape index (κ1) is 19.8. The molecule has 160 valence electrons. The molecule has 4 aliphatic rings. The van der Waals surface area contributed by atoms with Gasteiger partial charge in [-0.1, -0.05) is 0 Å². The van der Waals surface area contributed by atoms with Crippen LogP contribution in [0.4, 0.5) is 5.82 Å². The van der Waals surface area contributed by atoms with Gasteiger partial charge in [0.1, 0.15) is 11.9 Å². The number of ether oxygens (including phenoxy) is 1. The highest BCUT2D eigenvalue weighted by Crippen LogP contribution is 2.45. The number of pyridine rings is 1. The monoisotopic (exact) mass is 408 g/mol. The Hall–Kier alpha value is -2.13. The van der Waals surface area contributed by atoms with Crippen LogP contribution in [0, 0.1) is 17.2 Å². The van der Waals surface area contributed by atoms with Crippen LogP contribution in [0.5, 0.6) is 0 Å². The number of nitrogens with zero attached hydrogens (tertiary/aromatic N) is 4. The second-order valence-corrected chi connectivity index (χ2v) is 10.2. The Morgan fingerprint density at radius 1 is 1.13 bits per heavy atom. The van der Waals surface area contributed by atoms with Crippen LogP contribution in [0.15, 0.2) is 0 Å². The highest BCUT2D eigenvalue weighted by Gasteiger charge is 2.39. The van der Waals surface area contributed by atoms with Crippen molar-refractivity contribution >= 4 is 11.7 Å². The summed E-state index contributed by atoms with van der Waals surface area (Å²) in [6, 6.07) is 2.74. The highest BCUT2D eigenvalue weighted by atomic mass is 16.5. The lowest BCUT2D eigenvalue weighted by atomic mass is 9.87. The molecular formula is C24H32N4O2. The van der Waals surface area contributed by atoms with E-state index in [1.54, 1.807) is 0 Å². The topological polar surface area (TPSA) is 69.5 Å². The molecule has 1 saturated heterocycles. The van der Waals surface area contributed by atoms with E-state index in [1.165, 1.54) is 12.8 Å². The van der Waals surface area contributed by atoms with Crippen LogP contribution >= 0.6 is 0 Å². The number of fused-ring (bicyclic) bond motifs is 1. The second-order valence-electron chi connectivity index (χ2n) is 10.2. The van der Waals surface area contributed by atoms with E-state index in [0.29, 0.717) is 25.0 Å². The highest BCUT2D eigenvalue weighted by molar-refractivity contribution is 5.81. The quantitative estimate of drug-likeness (QED) is 0.765. The Morgan fingerprint density at radius 2 is 1.90 bits per heavy atom. The molecule has 6 heteroatoms. The number of amides is 1. The van der Waals surface area contributed by atoms with E-state index in [2.05, 4.69) is 36.6 Å². The zero-order chi connectivity index (χ0) is 21.0. The summed E-state index contributed by atoms with van der Waals surface area (Å²) in [5.41, 5.74) is 3.91. The average molecular weight is 409 g/mol. The minimum atomic E-state index is -0.265. The lowest BCUT2D eigenvalue weighted by Crippen LogP contribution is -2.41. The van der Waals surface area contributed by atoms with Crippen molar-refractivity contribution in [3.05, 3.63) is 22.4 Å². The SMILES string of the molecule is CC1CCN(c2nc(C3CC3)c3c(c2C#N)CC(C)(C)OC3)CCN1C(=O)C1CC1. The van der Waals surface area contributed by atoms with Gasteiger partial charge >= 0.3 is 0 Å². The minimum absolute atomic E-state index is 0.237. The van der Waals surface area contributed by atoms with E-state index < -0.39 is 0 Å². The van der Waals surface area contributed by atoms with Crippen LogP contribution in [0.3, 0.4) is 0 Å². The van der Waals surface area contributed by atoms with Crippen molar-refractivity contribution in [1.29, 1.82) is 5.26 Å². The van der Waals surface area contributed by atoms with Crippen molar-refractivity contribution in [2.75, 3.05) is 24.5 Å². The summed E-state index contributed by atoms with van der Waals surface area (Å²) >= 11 is 0. The standard InChI is InChI=1S/C24H32N4O2/c1-15-8-9-27(10-11-28(15)23(29)17-6-7-17)22-19(13-25)18-12-24(2,3)30-14-20(18)21(26-22)16-4-5-16/h15-17H,4-12,14H2,1-3H3. The van der Waals surface area contributed by atoms with Crippen molar-refractivity contribution in [1.82, 2.24) is 9.88 Å². The molecule has 2 aliphatic heterocycles. The molecular weight excluding hydrogens is 376 g/mol. The first-order valence-electron chi connectivity index (χ1n) is 11.5. The average Bonchev–Trinajstić information content (AvgIpc) is 3.59. The summed E-state index contributed by atoms with van der Waals surface area (Å²) in [7, 11) is 0. The number of hydrogen-bond acceptors (Lipinski definition) is 5. The van der Waals surface area contributed by atoms with Crippen molar-refractivity contribution < 1.29 is 9.53 Å². The van der Waals surface area contributed by atoms with E-state index in [1.807, 2.05) is 0 Å². The van der Waals surface area contributed by atoms with Gasteiger partial charge in [0.05, 0.1) is 23.5 Å². The number of aromatic nitrogens is 1. The molecule has 30 heavy (non-hydrogen) atoms. The maximum Gasteiger partial charge on any atom is 0.225 e. The molecule has 1 aromatic heterocycles. The van der Waals surface area contributed by atoms with Crippen LogP contribution in [-0.2, 0) is 22.6 Å². The van der Waals surface area contributed by atoms with Gasteiger partial charge in [0, 0.05) is 49.5 Å². The fourth-order valence-electron chi connectivity index (χ4n) is 4.98. The Morgan fingerprint density at radius 3 is 2.57 bits per heavy atom. The summed E-state index contributed by atoms with van der Waals surface area (Å²) < 4.78 is 6.09. The van der Waals surface area contributed by atoms with Crippen LogP contribution in [-0.4, -0.2) is 47.1 Å². The first-order valence-corrected chi connectivity index (χ1v) is 11.5. The van der Waals surface area contributed by atoms with Crippen LogP contribution in [0.25, 0.3) is 0 Å². The molecule has 2 saturated carbocycles. The molecule has 6 nitrogen and oxygen atoms in total. The predicted octanol–water partition coefficient (Wildman–Crippen LogP) is 3.52. The van der Waals surface area contributed by atoms with Crippen molar-refractivity contribution in [2.24, 2.45) is 5.92 Å². The van der Waals surface area contributed by atoms with E-state index >= 15 is 0 Å². The molecule has 3 heterocycles. The molecule has 3 fully saturated rings. The van der Waals surface area contributed by atoms with E-state index in [-0.39, 0.29) is 17.6 Å². The summed E-state index contributed by atoms with van der Waals surface area (Å²) in [5.74, 6) is 1.91. The van der Waals surface area contributed by atoms with Crippen molar-refractivity contribution in [3.8, 4) is 6.07 Å². The van der Waals surface area contributed by atoms with Gasteiger partial charge in [-0.25, -0.2) is 4.98 Å². The number of nitriles is 1. The van der Waals surface area contributed by atoms with Crippen molar-refractivity contribution in [3.63, 3.8) is 0 Å². The predicted molar refractivity (Wildman–Crippen MR) is 114 cm³/mol. The van der Waals surface area contributed by atoms with Crippen molar-refractivity contribution in [2.45, 2.75) is 83.5 Å². The van der Waals surface area contributed by atoms with Crippen LogP contribution in [0.2, 0.25) is 0 Å². The summed E-state index contributed by atoms with van der Waals surface area (Å²) in [6.07, 6.45) is 6.09. The Bertz CT molecular complexity index is 911. The van der Waals surface area contributed by atoms with Gasteiger partial charge in [-0.2, -0.15) is 5.26 Å². The van der Waals surface area contributed by atoms with Gasteiger partial charge in [-0.15, -0.1) is 0 Å². The lowest BCUT2D eigenvalue weighted by molar-refractivity contribution is -0.134. The Kier molecular flexibility index (Phi) is 4.77. The van der Waals surface area contributed by atoms with Crippen LogP contribution < -0.4 is 4.90 Å². The zero-order valence-electron chi connectivity index (χ0n) is 18.4. The largest absolute Gasteiger partial charge is 0.370 e. The first-order chi connectivity index (χ1) is 14.4. The van der Waals surface area contributed by atoms with Gasteiger partial charge in [0.25, 0.3) is 0 Å². The summed E-state index contributed by atoms with van der Waals surface area (Å²) in [5, 5.41) is 10.1. The molecule has 2 aliphatic carbocycles. The molecule has 1 atom stereocenters. The molecule has 0 bridgehead atoms. The minimum Gasteiger partial charge on any atom is -0.370 e. The van der Waals surface area contributed by atoms with Gasteiger partial charge in [-0.05, 0) is 58.4 Å². The molecule has 1 unspecified atom stereocenters. The maximum atomic E-state index is 12.7. The number of rotatable bonds is 3. The summed E-state index contributed by atoms with van der Waals surface area (Å²) in [4.78, 5) is 22.2. The van der Waals surface area contributed by atoms with Gasteiger partial charge in [0.15, 0.2) is 0 Å².